The summed E-state index contributed by atoms with van der Waals surface area (Å²) in [7, 11) is 0. The van der Waals surface area contributed by atoms with Crippen molar-refractivity contribution in [2.24, 2.45) is 0 Å². The molecule has 10 heteroatoms. The normalized spacial score (nSPS) is 11.3. The molecule has 0 atom stereocenters. The number of aromatic amines is 1. The van der Waals surface area contributed by atoms with Crippen LogP contribution in [0.4, 0.5) is 0 Å². The highest BCUT2D eigenvalue weighted by molar-refractivity contribution is 6.05. The second-order valence-electron chi connectivity index (χ2n) is 9.55. The first kappa shape index (κ1) is 23.7. The smallest absolute Gasteiger partial charge is 0.183 e. The summed E-state index contributed by atoms with van der Waals surface area (Å²) in [4.78, 5) is 21.5. The van der Waals surface area contributed by atoms with Gasteiger partial charge in [-0.05, 0) is 42.5 Å². The Hall–Kier alpha value is -6.16. The van der Waals surface area contributed by atoms with Crippen molar-refractivity contribution in [1.29, 1.82) is 0 Å². The Morgan fingerprint density at radius 1 is 0.595 bits per heavy atom. The first-order valence-corrected chi connectivity index (χ1v) is 13.2. The fraction of sp³-hybridized carbons (Fsp3) is 0. The molecule has 0 aliphatic heterocycles. The van der Waals surface area contributed by atoms with Crippen molar-refractivity contribution in [2.45, 2.75) is 0 Å². The molecule has 0 unspecified atom stereocenters. The van der Waals surface area contributed by atoms with Crippen LogP contribution in [0, 0.1) is 0 Å². The van der Waals surface area contributed by atoms with E-state index in [1.165, 1.54) is 18.9 Å². The van der Waals surface area contributed by atoms with Crippen LogP contribution in [0.2, 0.25) is 0 Å². The highest BCUT2D eigenvalue weighted by atomic mass is 16.3. The van der Waals surface area contributed by atoms with E-state index in [-0.39, 0.29) is 0 Å². The average molecular weight is 546 g/mol. The number of aromatic nitrogens is 9. The van der Waals surface area contributed by atoms with Crippen molar-refractivity contribution in [3.63, 3.8) is 0 Å². The Morgan fingerprint density at radius 3 is 2.21 bits per heavy atom. The maximum absolute atomic E-state index is 6.47. The predicted molar refractivity (Wildman–Crippen MR) is 158 cm³/mol. The number of rotatable bonds is 5. The molecule has 42 heavy (non-hydrogen) atoms. The molecule has 0 saturated heterocycles. The van der Waals surface area contributed by atoms with Crippen molar-refractivity contribution >= 4 is 21.9 Å². The third-order valence-electron chi connectivity index (χ3n) is 7.09. The third kappa shape index (κ3) is 3.97. The summed E-state index contributed by atoms with van der Waals surface area (Å²) in [5, 5.41) is 19.2. The Bertz CT molecular complexity index is 2130. The van der Waals surface area contributed by atoms with Crippen molar-refractivity contribution in [2.75, 3.05) is 0 Å². The lowest BCUT2D eigenvalue weighted by Crippen LogP contribution is -2.03. The van der Waals surface area contributed by atoms with Gasteiger partial charge in [0.05, 0.1) is 11.9 Å². The van der Waals surface area contributed by atoms with Gasteiger partial charge in [0.15, 0.2) is 11.6 Å². The van der Waals surface area contributed by atoms with E-state index in [9.17, 15) is 0 Å². The minimum absolute atomic E-state index is 0.391. The first-order valence-electron chi connectivity index (χ1n) is 13.2. The molecule has 0 aliphatic rings. The SMILES string of the molecule is c1cnnc(-c2cc(-c3cc4ccccc4o3)c(-c3cc4ccccc4[nH]3)c(-c3ncncn3)c2-c2nccnn2)c1. The summed E-state index contributed by atoms with van der Waals surface area (Å²) in [5.74, 6) is 1.50. The molecule has 0 aliphatic carbocycles. The van der Waals surface area contributed by atoms with Crippen molar-refractivity contribution in [3.8, 4) is 56.6 Å². The monoisotopic (exact) mass is 545 g/mol. The lowest BCUT2D eigenvalue weighted by atomic mass is 9.86. The zero-order valence-electron chi connectivity index (χ0n) is 21.9. The van der Waals surface area contributed by atoms with E-state index < -0.39 is 0 Å². The van der Waals surface area contributed by atoms with Gasteiger partial charge in [0.2, 0.25) is 0 Å². The zero-order valence-corrected chi connectivity index (χ0v) is 21.9. The lowest BCUT2D eigenvalue weighted by Gasteiger charge is -2.19. The van der Waals surface area contributed by atoms with E-state index in [1.54, 1.807) is 12.4 Å². The van der Waals surface area contributed by atoms with Gasteiger partial charge >= 0.3 is 0 Å². The Morgan fingerprint density at radius 2 is 1.43 bits per heavy atom. The van der Waals surface area contributed by atoms with Crippen molar-refractivity contribution in [3.05, 3.63) is 110 Å². The molecular formula is C32H19N9O. The van der Waals surface area contributed by atoms with Crippen LogP contribution in [0.15, 0.2) is 115 Å². The molecule has 198 valence electrons. The van der Waals surface area contributed by atoms with Crippen LogP contribution in [0.25, 0.3) is 78.5 Å². The minimum atomic E-state index is 0.391. The fourth-order valence-corrected chi connectivity index (χ4v) is 5.31. The number of para-hydroxylation sites is 2. The molecule has 8 rings (SSSR count). The number of hydrogen-bond donors (Lipinski definition) is 1. The van der Waals surface area contributed by atoms with E-state index in [0.29, 0.717) is 34.2 Å². The molecule has 1 N–H and O–H groups in total. The number of fused-ring (bicyclic) bond motifs is 2. The van der Waals surface area contributed by atoms with Crippen LogP contribution >= 0.6 is 0 Å². The molecule has 3 aromatic carbocycles. The van der Waals surface area contributed by atoms with Gasteiger partial charge in [-0.2, -0.15) is 15.3 Å². The highest BCUT2D eigenvalue weighted by Crippen LogP contribution is 2.49. The van der Waals surface area contributed by atoms with Crippen LogP contribution in [0.5, 0.6) is 0 Å². The van der Waals surface area contributed by atoms with Crippen LogP contribution in [-0.4, -0.2) is 45.3 Å². The fourth-order valence-electron chi connectivity index (χ4n) is 5.31. The molecule has 8 aromatic rings. The number of hydrogen-bond acceptors (Lipinski definition) is 9. The predicted octanol–water partition coefficient (Wildman–Crippen LogP) is 6.41. The first-order chi connectivity index (χ1) is 20.8. The second-order valence-corrected chi connectivity index (χ2v) is 9.55. The van der Waals surface area contributed by atoms with Crippen LogP contribution in [0.3, 0.4) is 0 Å². The van der Waals surface area contributed by atoms with Crippen LogP contribution in [0.1, 0.15) is 0 Å². The molecular weight excluding hydrogens is 526 g/mol. The summed E-state index contributed by atoms with van der Waals surface area (Å²) in [6, 6.07) is 26.0. The molecule has 0 bridgehead atoms. The summed E-state index contributed by atoms with van der Waals surface area (Å²) >= 11 is 0. The summed E-state index contributed by atoms with van der Waals surface area (Å²) in [5.41, 5.74) is 6.90. The summed E-state index contributed by atoms with van der Waals surface area (Å²) in [6.07, 6.45) is 7.73. The Balaban J connectivity index is 1.58. The van der Waals surface area contributed by atoms with Gasteiger partial charge in [-0.25, -0.2) is 19.9 Å². The quantitative estimate of drug-likeness (QED) is 0.260. The topological polar surface area (TPSA) is 132 Å². The van der Waals surface area contributed by atoms with E-state index in [0.717, 1.165) is 44.3 Å². The minimum Gasteiger partial charge on any atom is -0.456 e. The van der Waals surface area contributed by atoms with Crippen molar-refractivity contribution < 1.29 is 4.42 Å². The van der Waals surface area contributed by atoms with E-state index in [1.807, 2.05) is 66.7 Å². The van der Waals surface area contributed by atoms with Gasteiger partial charge in [0.25, 0.3) is 0 Å². The van der Waals surface area contributed by atoms with Gasteiger partial charge in [0, 0.05) is 62.2 Å². The molecule has 0 spiro atoms. The number of furan rings is 1. The zero-order chi connectivity index (χ0) is 27.9. The number of nitrogens with zero attached hydrogens (tertiary/aromatic N) is 8. The summed E-state index contributed by atoms with van der Waals surface area (Å²) < 4.78 is 6.47. The van der Waals surface area contributed by atoms with E-state index >= 15 is 0 Å². The maximum Gasteiger partial charge on any atom is 0.183 e. The highest BCUT2D eigenvalue weighted by Gasteiger charge is 2.29. The van der Waals surface area contributed by atoms with Gasteiger partial charge < -0.3 is 9.40 Å². The number of nitrogens with one attached hydrogen (secondary N) is 1. The Labute approximate surface area is 238 Å². The standard InChI is InChI=1S/C32H19N9O/c1-3-8-23-19(6-1)14-25(39-23)28-22(27-15-20-7-2-4-10-26(20)42-27)16-21(24-9-5-11-37-40-24)29(32-34-12-13-38-41-32)30(28)31-35-17-33-18-36-31/h1-18,39H. The lowest BCUT2D eigenvalue weighted by molar-refractivity contribution is 0.632. The molecule has 0 amide bonds. The van der Waals surface area contributed by atoms with Crippen LogP contribution in [-0.2, 0) is 0 Å². The molecule has 0 fully saturated rings. The average Bonchev–Trinajstić information content (AvgIpc) is 3.70. The largest absolute Gasteiger partial charge is 0.456 e. The molecule has 10 nitrogen and oxygen atoms in total. The third-order valence-corrected chi connectivity index (χ3v) is 7.09. The number of benzene rings is 3. The van der Waals surface area contributed by atoms with Gasteiger partial charge in [-0.1, -0.05) is 36.4 Å². The molecule has 0 radical (unpaired) electrons. The van der Waals surface area contributed by atoms with Gasteiger partial charge in [-0.3, -0.25) is 0 Å². The van der Waals surface area contributed by atoms with Gasteiger partial charge in [0.1, 0.15) is 24.0 Å². The second kappa shape index (κ2) is 9.79. The van der Waals surface area contributed by atoms with Crippen molar-refractivity contribution in [1.82, 2.24) is 45.3 Å². The number of H-pyrrole nitrogens is 1. The van der Waals surface area contributed by atoms with Crippen LogP contribution < -0.4 is 0 Å². The van der Waals surface area contributed by atoms with E-state index in [4.69, 9.17) is 4.42 Å². The molecule has 5 heterocycles. The maximum atomic E-state index is 6.47. The molecule has 0 saturated carbocycles. The van der Waals surface area contributed by atoms with E-state index in [2.05, 4.69) is 57.4 Å². The summed E-state index contributed by atoms with van der Waals surface area (Å²) in [6.45, 7) is 0. The van der Waals surface area contributed by atoms with Gasteiger partial charge in [-0.15, -0.1) is 5.10 Å². The molecule has 5 aromatic heterocycles. The Kier molecular flexibility index (Phi) is 5.52.